The van der Waals surface area contributed by atoms with Crippen LogP contribution in [0, 0.1) is 6.92 Å². The van der Waals surface area contributed by atoms with Crippen molar-refractivity contribution in [3.63, 3.8) is 0 Å². The molecule has 0 spiro atoms. The van der Waals surface area contributed by atoms with Gasteiger partial charge in [-0.15, -0.1) is 0 Å². The average molecular weight is 312 g/mol. The first-order valence-electron chi connectivity index (χ1n) is 6.37. The fourth-order valence-corrected chi connectivity index (χ4v) is 2.73. The van der Waals surface area contributed by atoms with Crippen LogP contribution in [0.15, 0.2) is 29.7 Å². The summed E-state index contributed by atoms with van der Waals surface area (Å²) in [4.78, 5) is 11.0. The molecule has 0 bridgehead atoms. The number of nitrogens with two attached hydrogens (primary N) is 1. The van der Waals surface area contributed by atoms with E-state index in [-0.39, 0.29) is 19.7 Å². The minimum Gasteiger partial charge on any atom is -0.383 e. The molecule has 116 valence electrons. The summed E-state index contributed by atoms with van der Waals surface area (Å²) < 4.78 is 30.2. The molecular formula is C14H20N2O4S. The van der Waals surface area contributed by atoms with Crippen molar-refractivity contribution in [2.45, 2.75) is 6.92 Å². The van der Waals surface area contributed by atoms with E-state index in [4.69, 9.17) is 10.5 Å². The molecule has 0 radical (unpaired) electrons. The van der Waals surface area contributed by atoms with E-state index in [1.165, 1.54) is 13.2 Å². The van der Waals surface area contributed by atoms with Gasteiger partial charge in [0.25, 0.3) is 0 Å². The maximum absolute atomic E-state index is 12.2. The van der Waals surface area contributed by atoms with Crippen LogP contribution in [0.25, 0.3) is 6.08 Å². The van der Waals surface area contributed by atoms with Gasteiger partial charge in [-0.3, -0.25) is 4.79 Å². The zero-order chi connectivity index (χ0) is 15.9. The van der Waals surface area contributed by atoms with Crippen LogP contribution in [0.4, 0.5) is 0 Å². The Labute approximate surface area is 125 Å². The van der Waals surface area contributed by atoms with Crippen molar-refractivity contribution in [2.75, 3.05) is 26.8 Å². The fraction of sp³-hybridized carbons (Fsp3) is 0.357. The van der Waals surface area contributed by atoms with E-state index in [0.717, 1.165) is 20.8 Å². The van der Waals surface area contributed by atoms with E-state index in [2.05, 4.69) is 0 Å². The number of methoxy groups -OCH3 is 1. The van der Waals surface area contributed by atoms with Crippen LogP contribution >= 0.6 is 0 Å². The van der Waals surface area contributed by atoms with Crippen molar-refractivity contribution >= 4 is 22.0 Å². The van der Waals surface area contributed by atoms with Crippen molar-refractivity contribution in [1.82, 2.24) is 4.31 Å². The van der Waals surface area contributed by atoms with E-state index in [1.807, 2.05) is 31.2 Å². The third-order valence-electron chi connectivity index (χ3n) is 2.75. The van der Waals surface area contributed by atoms with Crippen LogP contribution in [-0.4, -0.2) is 45.4 Å². The molecule has 0 aromatic heterocycles. The molecule has 0 aliphatic rings. The maximum Gasteiger partial charge on any atom is 0.236 e. The molecule has 1 rings (SSSR count). The molecule has 2 N–H and O–H groups in total. The van der Waals surface area contributed by atoms with Crippen LogP contribution in [0.1, 0.15) is 11.1 Å². The van der Waals surface area contributed by atoms with E-state index in [9.17, 15) is 13.2 Å². The minimum atomic E-state index is -3.73. The van der Waals surface area contributed by atoms with Gasteiger partial charge >= 0.3 is 0 Å². The zero-order valence-corrected chi connectivity index (χ0v) is 13.0. The number of nitrogens with zero attached hydrogens (tertiary/aromatic N) is 1. The van der Waals surface area contributed by atoms with E-state index >= 15 is 0 Å². The first-order chi connectivity index (χ1) is 9.85. The van der Waals surface area contributed by atoms with Gasteiger partial charge in [-0.2, -0.15) is 4.31 Å². The van der Waals surface area contributed by atoms with Crippen LogP contribution < -0.4 is 5.73 Å². The summed E-state index contributed by atoms with van der Waals surface area (Å²) in [5, 5.41) is 1.07. The fourth-order valence-electron chi connectivity index (χ4n) is 1.59. The number of amides is 1. The molecule has 0 atom stereocenters. The van der Waals surface area contributed by atoms with Gasteiger partial charge in [0.1, 0.15) is 0 Å². The highest BCUT2D eigenvalue weighted by atomic mass is 32.2. The number of ether oxygens (including phenoxy) is 1. The third-order valence-corrected chi connectivity index (χ3v) is 4.26. The molecule has 0 aliphatic carbocycles. The van der Waals surface area contributed by atoms with Gasteiger partial charge in [-0.05, 0) is 18.6 Å². The smallest absolute Gasteiger partial charge is 0.236 e. The first-order valence-corrected chi connectivity index (χ1v) is 7.87. The van der Waals surface area contributed by atoms with Crippen molar-refractivity contribution < 1.29 is 17.9 Å². The Kier molecular flexibility index (Phi) is 6.54. The van der Waals surface area contributed by atoms with Crippen LogP contribution in [0.2, 0.25) is 0 Å². The lowest BCUT2D eigenvalue weighted by molar-refractivity contribution is -0.118. The molecule has 7 heteroatoms. The molecule has 0 fully saturated rings. The number of rotatable bonds is 8. The number of hydrogen-bond donors (Lipinski definition) is 1. The second-order valence-electron chi connectivity index (χ2n) is 4.55. The number of sulfonamides is 1. The van der Waals surface area contributed by atoms with E-state index < -0.39 is 15.9 Å². The van der Waals surface area contributed by atoms with Gasteiger partial charge in [-0.25, -0.2) is 8.42 Å². The first kappa shape index (κ1) is 17.4. The average Bonchev–Trinajstić information content (AvgIpc) is 2.42. The normalized spacial score (nSPS) is 12.1. The highest BCUT2D eigenvalue weighted by Crippen LogP contribution is 2.09. The molecule has 1 amide bonds. The Morgan fingerprint density at radius 1 is 1.33 bits per heavy atom. The molecular weight excluding hydrogens is 292 g/mol. The molecule has 0 saturated carbocycles. The zero-order valence-electron chi connectivity index (χ0n) is 12.2. The third kappa shape index (κ3) is 6.07. The lowest BCUT2D eigenvalue weighted by atomic mass is 10.2. The predicted molar refractivity (Wildman–Crippen MR) is 81.8 cm³/mol. The highest BCUT2D eigenvalue weighted by molar-refractivity contribution is 7.92. The Morgan fingerprint density at radius 2 is 1.95 bits per heavy atom. The summed E-state index contributed by atoms with van der Waals surface area (Å²) in [6.07, 6.45) is 1.48. The lowest BCUT2D eigenvalue weighted by Gasteiger charge is -2.17. The number of carbonyl (C=O) groups excluding carboxylic acids is 1. The summed E-state index contributed by atoms with van der Waals surface area (Å²) >= 11 is 0. The van der Waals surface area contributed by atoms with Gasteiger partial charge in [0.2, 0.25) is 15.9 Å². The van der Waals surface area contributed by atoms with Gasteiger partial charge in [-0.1, -0.05) is 29.8 Å². The molecule has 0 aliphatic heterocycles. The number of aryl methyl sites for hydroxylation is 1. The van der Waals surface area contributed by atoms with E-state index in [1.54, 1.807) is 0 Å². The maximum atomic E-state index is 12.2. The second-order valence-corrected chi connectivity index (χ2v) is 6.37. The Morgan fingerprint density at radius 3 is 2.48 bits per heavy atom. The van der Waals surface area contributed by atoms with Crippen molar-refractivity contribution in [3.8, 4) is 0 Å². The number of primary amides is 1. The number of benzene rings is 1. The van der Waals surface area contributed by atoms with Gasteiger partial charge < -0.3 is 10.5 Å². The van der Waals surface area contributed by atoms with Gasteiger partial charge in [0.05, 0.1) is 13.2 Å². The van der Waals surface area contributed by atoms with Gasteiger partial charge in [0.15, 0.2) is 0 Å². The summed E-state index contributed by atoms with van der Waals surface area (Å²) in [6, 6.07) is 7.40. The molecule has 1 aromatic rings. The standard InChI is InChI=1S/C14H20N2O4S/c1-12-3-5-13(6-4-12)7-10-21(18,19)16(8-9-20-2)11-14(15)17/h3-7,10H,8-9,11H2,1-2H3,(H2,15,17)/b10-7-. The predicted octanol–water partition coefficient (Wildman–Crippen LogP) is 0.729. The van der Waals surface area contributed by atoms with Crippen LogP contribution in [0.3, 0.4) is 0 Å². The van der Waals surface area contributed by atoms with Crippen molar-refractivity contribution in [1.29, 1.82) is 0 Å². The lowest BCUT2D eigenvalue weighted by Crippen LogP contribution is -2.39. The Hall–Kier alpha value is -1.70. The van der Waals surface area contributed by atoms with Crippen molar-refractivity contribution in [3.05, 3.63) is 40.8 Å². The monoisotopic (exact) mass is 312 g/mol. The summed E-state index contributed by atoms with van der Waals surface area (Å²) in [6.45, 7) is 1.83. The Balaban J connectivity index is 2.88. The number of carbonyl (C=O) groups is 1. The highest BCUT2D eigenvalue weighted by Gasteiger charge is 2.20. The summed E-state index contributed by atoms with van der Waals surface area (Å²) in [7, 11) is -2.27. The van der Waals surface area contributed by atoms with Crippen LogP contribution in [-0.2, 0) is 19.6 Å². The van der Waals surface area contributed by atoms with Gasteiger partial charge in [0, 0.05) is 19.1 Å². The largest absolute Gasteiger partial charge is 0.383 e. The van der Waals surface area contributed by atoms with E-state index in [0.29, 0.717) is 0 Å². The number of hydrogen-bond acceptors (Lipinski definition) is 4. The summed E-state index contributed by atoms with van der Waals surface area (Å²) in [5.74, 6) is -0.710. The van der Waals surface area contributed by atoms with Crippen LogP contribution in [0.5, 0.6) is 0 Å². The molecule has 21 heavy (non-hydrogen) atoms. The quantitative estimate of drug-likeness (QED) is 0.766. The molecule has 6 nitrogen and oxygen atoms in total. The second kappa shape index (κ2) is 7.92. The molecule has 1 aromatic carbocycles. The molecule has 0 heterocycles. The minimum absolute atomic E-state index is 0.0695. The molecule has 0 saturated heterocycles. The Bertz CT molecular complexity index is 594. The summed E-state index contributed by atoms with van der Waals surface area (Å²) in [5.41, 5.74) is 6.92. The van der Waals surface area contributed by atoms with Crippen molar-refractivity contribution in [2.24, 2.45) is 5.73 Å². The topological polar surface area (TPSA) is 89.7 Å². The SMILES string of the molecule is COCCN(CC(N)=O)S(=O)(=O)/C=C\c1ccc(C)cc1. The molecule has 0 unspecified atom stereocenters.